The lowest BCUT2D eigenvalue weighted by Gasteiger charge is -2.38. The van der Waals surface area contributed by atoms with E-state index in [0.717, 1.165) is 30.2 Å². The van der Waals surface area contributed by atoms with Gasteiger partial charge in [0, 0.05) is 19.6 Å². The highest BCUT2D eigenvalue weighted by molar-refractivity contribution is 4.80. The standard InChI is InChI=1S/C15H30N2/c1-12-7-13(2)10-17(9-12)11-15-5-3-14(8-16)4-6-15/h12-15H,3-11,16H2,1-2H3. The Morgan fingerprint density at radius 3 is 2.00 bits per heavy atom. The summed E-state index contributed by atoms with van der Waals surface area (Å²) in [6, 6.07) is 0. The Hall–Kier alpha value is -0.0800. The zero-order valence-electron chi connectivity index (χ0n) is 11.7. The van der Waals surface area contributed by atoms with Gasteiger partial charge in [-0.25, -0.2) is 0 Å². The van der Waals surface area contributed by atoms with Crippen LogP contribution < -0.4 is 5.73 Å². The summed E-state index contributed by atoms with van der Waals surface area (Å²) in [6.45, 7) is 9.75. The third-order valence-corrected chi connectivity index (χ3v) is 4.76. The first kappa shape index (κ1) is 13.4. The summed E-state index contributed by atoms with van der Waals surface area (Å²) in [5, 5.41) is 0. The molecule has 0 aromatic rings. The smallest absolute Gasteiger partial charge is 0.000989 e. The molecule has 2 atom stereocenters. The minimum absolute atomic E-state index is 0.824. The van der Waals surface area contributed by atoms with Crippen LogP contribution in [0.15, 0.2) is 0 Å². The molecule has 1 aliphatic carbocycles. The molecule has 0 aromatic heterocycles. The van der Waals surface area contributed by atoms with Crippen molar-refractivity contribution in [2.45, 2.75) is 46.0 Å². The van der Waals surface area contributed by atoms with Gasteiger partial charge in [-0.2, -0.15) is 0 Å². The van der Waals surface area contributed by atoms with Crippen molar-refractivity contribution in [1.82, 2.24) is 4.90 Å². The summed E-state index contributed by atoms with van der Waals surface area (Å²) in [7, 11) is 0. The number of nitrogens with zero attached hydrogens (tertiary/aromatic N) is 1. The van der Waals surface area contributed by atoms with Crippen LogP contribution in [0, 0.1) is 23.7 Å². The molecule has 1 heterocycles. The van der Waals surface area contributed by atoms with Gasteiger partial charge in [0.25, 0.3) is 0 Å². The van der Waals surface area contributed by atoms with Gasteiger partial charge >= 0.3 is 0 Å². The molecule has 17 heavy (non-hydrogen) atoms. The van der Waals surface area contributed by atoms with Crippen LogP contribution in [-0.4, -0.2) is 31.1 Å². The summed E-state index contributed by atoms with van der Waals surface area (Å²) in [5.74, 6) is 3.58. The Morgan fingerprint density at radius 2 is 1.47 bits per heavy atom. The zero-order valence-corrected chi connectivity index (χ0v) is 11.7. The van der Waals surface area contributed by atoms with Gasteiger partial charge in [0.2, 0.25) is 0 Å². The number of piperidine rings is 1. The largest absolute Gasteiger partial charge is 0.330 e. The zero-order chi connectivity index (χ0) is 12.3. The second kappa shape index (κ2) is 6.19. The molecule has 0 amide bonds. The molecule has 0 spiro atoms. The third kappa shape index (κ3) is 3.96. The molecule has 2 aliphatic rings. The van der Waals surface area contributed by atoms with Crippen molar-refractivity contribution >= 4 is 0 Å². The lowest BCUT2D eigenvalue weighted by Crippen LogP contribution is -2.42. The van der Waals surface area contributed by atoms with E-state index in [-0.39, 0.29) is 0 Å². The lowest BCUT2D eigenvalue weighted by molar-refractivity contribution is 0.106. The maximum Gasteiger partial charge on any atom is 0.000989 e. The Morgan fingerprint density at radius 1 is 0.941 bits per heavy atom. The van der Waals surface area contributed by atoms with E-state index in [9.17, 15) is 0 Å². The highest BCUT2D eigenvalue weighted by Crippen LogP contribution is 2.30. The number of hydrogen-bond acceptors (Lipinski definition) is 2. The highest BCUT2D eigenvalue weighted by Gasteiger charge is 2.26. The molecule has 1 saturated heterocycles. The van der Waals surface area contributed by atoms with Crippen molar-refractivity contribution in [2.75, 3.05) is 26.2 Å². The van der Waals surface area contributed by atoms with Crippen molar-refractivity contribution < 1.29 is 0 Å². The fourth-order valence-corrected chi connectivity index (χ4v) is 3.96. The Bertz CT molecular complexity index is 211. The summed E-state index contributed by atoms with van der Waals surface area (Å²) < 4.78 is 0. The molecule has 2 unspecified atom stereocenters. The van der Waals surface area contributed by atoms with E-state index >= 15 is 0 Å². The Labute approximate surface area is 107 Å². The predicted molar refractivity (Wildman–Crippen MR) is 73.9 cm³/mol. The van der Waals surface area contributed by atoms with Gasteiger partial charge in [-0.1, -0.05) is 13.8 Å². The van der Waals surface area contributed by atoms with E-state index in [0.29, 0.717) is 0 Å². The third-order valence-electron chi connectivity index (χ3n) is 4.76. The molecule has 0 radical (unpaired) electrons. The van der Waals surface area contributed by atoms with E-state index in [4.69, 9.17) is 5.73 Å². The fourth-order valence-electron chi connectivity index (χ4n) is 3.96. The van der Waals surface area contributed by atoms with Gasteiger partial charge in [-0.05, 0) is 62.3 Å². The van der Waals surface area contributed by atoms with Crippen LogP contribution in [0.3, 0.4) is 0 Å². The predicted octanol–water partition coefficient (Wildman–Crippen LogP) is 2.73. The van der Waals surface area contributed by atoms with Crippen LogP contribution in [0.1, 0.15) is 46.0 Å². The van der Waals surface area contributed by atoms with E-state index < -0.39 is 0 Å². The van der Waals surface area contributed by atoms with Crippen molar-refractivity contribution in [3.8, 4) is 0 Å². The number of hydrogen-bond donors (Lipinski definition) is 1. The molecule has 2 nitrogen and oxygen atoms in total. The SMILES string of the molecule is CC1CC(C)CN(CC2CCC(CN)CC2)C1. The van der Waals surface area contributed by atoms with Crippen LogP contribution in [0.4, 0.5) is 0 Å². The Balaban J connectivity index is 1.74. The number of rotatable bonds is 3. The maximum absolute atomic E-state index is 5.76. The van der Waals surface area contributed by atoms with Crippen molar-refractivity contribution in [3.63, 3.8) is 0 Å². The van der Waals surface area contributed by atoms with E-state index in [1.54, 1.807) is 0 Å². The van der Waals surface area contributed by atoms with E-state index in [2.05, 4.69) is 18.7 Å². The molecule has 2 N–H and O–H groups in total. The molecule has 1 saturated carbocycles. The van der Waals surface area contributed by atoms with Crippen LogP contribution in [0.25, 0.3) is 0 Å². The molecule has 2 heteroatoms. The first-order valence-corrected chi connectivity index (χ1v) is 7.59. The van der Waals surface area contributed by atoms with Gasteiger partial charge in [0.05, 0.1) is 0 Å². The quantitative estimate of drug-likeness (QED) is 0.819. The number of nitrogens with two attached hydrogens (primary N) is 1. The maximum atomic E-state index is 5.76. The molecule has 1 aliphatic heterocycles. The van der Waals surface area contributed by atoms with Crippen LogP contribution >= 0.6 is 0 Å². The first-order chi connectivity index (χ1) is 8.17. The first-order valence-electron chi connectivity index (χ1n) is 7.59. The normalized spacial score (nSPS) is 40.4. The van der Waals surface area contributed by atoms with Gasteiger partial charge in [-0.3, -0.25) is 0 Å². The van der Waals surface area contributed by atoms with Crippen LogP contribution in [0.2, 0.25) is 0 Å². The van der Waals surface area contributed by atoms with E-state index in [1.807, 2.05) is 0 Å². The van der Waals surface area contributed by atoms with Crippen LogP contribution in [0.5, 0.6) is 0 Å². The molecule has 2 fully saturated rings. The molecular formula is C15H30N2. The molecule has 0 bridgehead atoms. The van der Waals surface area contributed by atoms with Gasteiger partial charge < -0.3 is 10.6 Å². The van der Waals surface area contributed by atoms with Gasteiger partial charge in [-0.15, -0.1) is 0 Å². The fraction of sp³-hybridized carbons (Fsp3) is 1.00. The van der Waals surface area contributed by atoms with Crippen LogP contribution in [-0.2, 0) is 0 Å². The minimum Gasteiger partial charge on any atom is -0.330 e. The molecule has 2 rings (SSSR count). The average Bonchev–Trinajstić information content (AvgIpc) is 2.28. The van der Waals surface area contributed by atoms with Crippen molar-refractivity contribution in [1.29, 1.82) is 0 Å². The monoisotopic (exact) mass is 238 g/mol. The second-order valence-corrected chi connectivity index (χ2v) is 6.79. The molecule has 100 valence electrons. The summed E-state index contributed by atoms with van der Waals surface area (Å²) in [5.41, 5.74) is 5.76. The topological polar surface area (TPSA) is 29.3 Å². The lowest BCUT2D eigenvalue weighted by atomic mass is 9.81. The Kier molecular flexibility index (Phi) is 4.87. The average molecular weight is 238 g/mol. The molecular weight excluding hydrogens is 208 g/mol. The summed E-state index contributed by atoms with van der Waals surface area (Å²) in [6.07, 6.45) is 7.01. The summed E-state index contributed by atoms with van der Waals surface area (Å²) in [4.78, 5) is 2.73. The van der Waals surface area contributed by atoms with Gasteiger partial charge in [0.15, 0.2) is 0 Å². The van der Waals surface area contributed by atoms with Crippen molar-refractivity contribution in [2.24, 2.45) is 29.4 Å². The van der Waals surface area contributed by atoms with Crippen molar-refractivity contribution in [3.05, 3.63) is 0 Å². The van der Waals surface area contributed by atoms with Gasteiger partial charge in [0.1, 0.15) is 0 Å². The second-order valence-electron chi connectivity index (χ2n) is 6.79. The molecule has 0 aromatic carbocycles. The minimum atomic E-state index is 0.824. The number of likely N-dealkylation sites (tertiary alicyclic amines) is 1. The van der Waals surface area contributed by atoms with E-state index in [1.165, 1.54) is 51.7 Å². The summed E-state index contributed by atoms with van der Waals surface area (Å²) >= 11 is 0. The highest BCUT2D eigenvalue weighted by atomic mass is 15.1.